The van der Waals surface area contributed by atoms with Crippen LogP contribution in [-0.4, -0.2) is 32.7 Å². The Balaban J connectivity index is 1.35. The van der Waals surface area contributed by atoms with E-state index in [4.69, 9.17) is 14.2 Å². The van der Waals surface area contributed by atoms with E-state index in [1.165, 1.54) is 31.6 Å². The maximum atomic E-state index is 11.5. The summed E-state index contributed by atoms with van der Waals surface area (Å²) in [6.45, 7) is 0.773. The number of rotatable bonds is 8. The summed E-state index contributed by atoms with van der Waals surface area (Å²) in [5.74, 6) is 1.88. The van der Waals surface area contributed by atoms with Crippen molar-refractivity contribution in [1.82, 2.24) is 19.5 Å². The molecule has 9 nitrogen and oxygen atoms in total. The summed E-state index contributed by atoms with van der Waals surface area (Å²) in [7, 11) is 1.66. The van der Waals surface area contributed by atoms with Gasteiger partial charge in [0, 0.05) is 6.07 Å². The predicted molar refractivity (Wildman–Crippen MR) is 120 cm³/mol. The Kier molecular flexibility index (Phi) is 5.93. The van der Waals surface area contributed by atoms with Gasteiger partial charge in [-0.15, -0.1) is 0 Å². The molecule has 1 fully saturated rings. The van der Waals surface area contributed by atoms with E-state index in [0.29, 0.717) is 23.6 Å². The Hall–Kier alpha value is -3.88. The second-order valence-corrected chi connectivity index (χ2v) is 8.09. The van der Waals surface area contributed by atoms with Gasteiger partial charge in [-0.05, 0) is 49.4 Å². The summed E-state index contributed by atoms with van der Waals surface area (Å²) in [6.07, 6.45) is 10.9. The zero-order valence-corrected chi connectivity index (χ0v) is 18.4. The van der Waals surface area contributed by atoms with Crippen molar-refractivity contribution in [2.75, 3.05) is 7.11 Å². The van der Waals surface area contributed by atoms with Crippen LogP contribution in [-0.2, 0) is 13.2 Å². The molecule has 1 aliphatic rings. The fourth-order valence-corrected chi connectivity index (χ4v) is 4.11. The summed E-state index contributed by atoms with van der Waals surface area (Å²) < 4.78 is 20.2. The lowest BCUT2D eigenvalue weighted by Gasteiger charge is -2.17. The van der Waals surface area contributed by atoms with E-state index in [0.717, 1.165) is 40.2 Å². The largest absolute Gasteiger partial charge is 0.619 e. The number of hydrogen-bond acceptors (Lipinski definition) is 7. The van der Waals surface area contributed by atoms with Crippen LogP contribution in [0.25, 0.3) is 11.2 Å². The molecular formula is C24H25N5O4. The number of nitrogens with zero attached hydrogens (tertiary/aromatic N) is 5. The number of hydrogen-bond donors (Lipinski definition) is 0. The highest BCUT2D eigenvalue weighted by Gasteiger charge is 2.19. The van der Waals surface area contributed by atoms with Gasteiger partial charge in [0.1, 0.15) is 12.9 Å². The lowest BCUT2D eigenvalue weighted by Crippen LogP contribution is -2.25. The second-order valence-electron chi connectivity index (χ2n) is 8.09. The fraction of sp³-hybridized carbons (Fsp3) is 0.333. The summed E-state index contributed by atoms with van der Waals surface area (Å²) in [5.41, 5.74) is 3.03. The van der Waals surface area contributed by atoms with Gasteiger partial charge in [0.15, 0.2) is 35.1 Å². The van der Waals surface area contributed by atoms with E-state index in [1.807, 2.05) is 28.8 Å². The normalized spacial score (nSPS) is 14.0. The van der Waals surface area contributed by atoms with E-state index in [2.05, 4.69) is 15.0 Å². The van der Waals surface area contributed by atoms with Crippen LogP contribution in [0.2, 0.25) is 0 Å². The van der Waals surface area contributed by atoms with Crippen molar-refractivity contribution in [1.29, 1.82) is 0 Å². The molecule has 0 saturated heterocycles. The van der Waals surface area contributed by atoms with Crippen molar-refractivity contribution >= 4 is 11.2 Å². The molecule has 1 saturated carbocycles. The average molecular weight is 447 g/mol. The molecule has 3 aromatic heterocycles. The van der Waals surface area contributed by atoms with E-state index in [9.17, 15) is 5.21 Å². The maximum absolute atomic E-state index is 11.5. The van der Waals surface area contributed by atoms with Gasteiger partial charge in [-0.3, -0.25) is 0 Å². The summed E-state index contributed by atoms with van der Waals surface area (Å²) >= 11 is 0. The van der Waals surface area contributed by atoms with Gasteiger partial charge in [-0.2, -0.15) is 9.71 Å². The third-order valence-electron chi connectivity index (χ3n) is 5.76. The molecule has 0 N–H and O–H groups in total. The third-order valence-corrected chi connectivity index (χ3v) is 5.76. The number of pyridine rings is 1. The molecule has 5 rings (SSSR count). The molecule has 0 radical (unpaired) electrons. The first kappa shape index (κ1) is 21.0. The van der Waals surface area contributed by atoms with Gasteiger partial charge in [0.2, 0.25) is 5.88 Å². The SMILES string of the molecule is COc1ccc(Cn2cnc3c(OCc4ccc[n+]([O-])c4)ncnc32)cc1OC1CCCC1. The zero-order valence-electron chi connectivity index (χ0n) is 18.4. The van der Waals surface area contributed by atoms with E-state index < -0.39 is 0 Å². The Morgan fingerprint density at radius 1 is 1.09 bits per heavy atom. The molecule has 0 bridgehead atoms. The second kappa shape index (κ2) is 9.32. The molecule has 1 aromatic carbocycles. The molecule has 0 spiro atoms. The van der Waals surface area contributed by atoms with Gasteiger partial charge < -0.3 is 24.0 Å². The Labute approximate surface area is 191 Å². The first-order valence-electron chi connectivity index (χ1n) is 11.0. The molecule has 9 heteroatoms. The molecule has 33 heavy (non-hydrogen) atoms. The summed E-state index contributed by atoms with van der Waals surface area (Å²) in [4.78, 5) is 13.1. The Morgan fingerprint density at radius 2 is 1.97 bits per heavy atom. The van der Waals surface area contributed by atoms with Crippen LogP contribution in [0.5, 0.6) is 17.4 Å². The Morgan fingerprint density at radius 3 is 2.79 bits per heavy atom. The first-order valence-corrected chi connectivity index (χ1v) is 11.0. The molecule has 3 heterocycles. The quantitative estimate of drug-likeness (QED) is 0.301. The smallest absolute Gasteiger partial charge is 0.245 e. The number of imidazole rings is 1. The third kappa shape index (κ3) is 4.67. The summed E-state index contributed by atoms with van der Waals surface area (Å²) in [5, 5.41) is 11.5. The van der Waals surface area contributed by atoms with Gasteiger partial charge in [-0.1, -0.05) is 6.07 Å². The van der Waals surface area contributed by atoms with E-state index in [-0.39, 0.29) is 12.7 Å². The number of aromatic nitrogens is 5. The van der Waals surface area contributed by atoms with Crippen molar-refractivity contribution in [2.24, 2.45) is 0 Å². The van der Waals surface area contributed by atoms with E-state index >= 15 is 0 Å². The lowest BCUT2D eigenvalue weighted by atomic mass is 10.2. The molecule has 0 amide bonds. The summed E-state index contributed by atoms with van der Waals surface area (Å²) in [6, 6.07) is 9.47. The van der Waals surface area contributed by atoms with Gasteiger partial charge >= 0.3 is 0 Å². The molecule has 0 atom stereocenters. The lowest BCUT2D eigenvalue weighted by molar-refractivity contribution is -0.606. The van der Waals surface area contributed by atoms with Crippen molar-refractivity contribution < 1.29 is 18.9 Å². The zero-order chi connectivity index (χ0) is 22.6. The molecule has 170 valence electrons. The fourth-order valence-electron chi connectivity index (χ4n) is 4.11. The molecule has 0 aliphatic heterocycles. The predicted octanol–water partition coefficient (Wildman–Crippen LogP) is 3.42. The van der Waals surface area contributed by atoms with Gasteiger partial charge in [-0.25, -0.2) is 9.97 Å². The number of fused-ring (bicyclic) bond motifs is 1. The minimum atomic E-state index is 0.211. The minimum Gasteiger partial charge on any atom is -0.619 e. The number of methoxy groups -OCH3 is 1. The van der Waals surface area contributed by atoms with Crippen LogP contribution in [0.1, 0.15) is 36.8 Å². The van der Waals surface area contributed by atoms with Crippen LogP contribution in [0.15, 0.2) is 55.4 Å². The Bertz CT molecular complexity index is 1250. The topological polar surface area (TPSA) is 98.2 Å². The monoisotopic (exact) mass is 447 g/mol. The number of ether oxygens (including phenoxy) is 3. The van der Waals surface area contributed by atoms with Crippen molar-refractivity contribution in [3.8, 4) is 17.4 Å². The molecule has 4 aromatic rings. The van der Waals surface area contributed by atoms with Crippen molar-refractivity contribution in [2.45, 2.75) is 44.9 Å². The molecule has 0 unspecified atom stereocenters. The van der Waals surface area contributed by atoms with Crippen LogP contribution in [0.4, 0.5) is 0 Å². The van der Waals surface area contributed by atoms with Crippen LogP contribution in [0, 0.1) is 5.21 Å². The van der Waals surface area contributed by atoms with Gasteiger partial charge in [0.25, 0.3) is 0 Å². The van der Waals surface area contributed by atoms with Gasteiger partial charge in [0.05, 0.1) is 31.6 Å². The van der Waals surface area contributed by atoms with E-state index in [1.54, 1.807) is 19.5 Å². The average Bonchev–Trinajstić information content (AvgIpc) is 3.48. The maximum Gasteiger partial charge on any atom is 0.245 e. The van der Waals surface area contributed by atoms with Crippen molar-refractivity contribution in [3.63, 3.8) is 0 Å². The highest BCUT2D eigenvalue weighted by molar-refractivity contribution is 5.76. The highest BCUT2D eigenvalue weighted by Crippen LogP contribution is 2.33. The van der Waals surface area contributed by atoms with Crippen LogP contribution in [0.3, 0.4) is 0 Å². The van der Waals surface area contributed by atoms with Crippen LogP contribution >= 0.6 is 0 Å². The molecular weight excluding hydrogens is 422 g/mol. The highest BCUT2D eigenvalue weighted by atomic mass is 16.5. The first-order chi connectivity index (χ1) is 16.2. The number of benzene rings is 1. The standard InChI is InChI=1S/C24H25N5O4/c1-31-20-9-8-17(11-21(20)33-19-6-2-3-7-19)12-28-16-27-22-23(28)25-15-26-24(22)32-14-18-5-4-10-29(30)13-18/h4-5,8-11,13,15-16,19H,2-3,6-7,12,14H2,1H3. The van der Waals surface area contributed by atoms with Crippen LogP contribution < -0.4 is 18.9 Å². The van der Waals surface area contributed by atoms with Crippen molar-refractivity contribution in [3.05, 3.63) is 71.7 Å². The minimum absolute atomic E-state index is 0.211. The molecule has 1 aliphatic carbocycles.